The maximum atomic E-state index is 12.5. The van der Waals surface area contributed by atoms with Crippen molar-refractivity contribution in [2.45, 2.75) is 12.7 Å². The average molecular weight is 415 g/mol. The van der Waals surface area contributed by atoms with Gasteiger partial charge in [-0.05, 0) is 24.3 Å². The van der Waals surface area contributed by atoms with E-state index in [2.05, 4.69) is 25.9 Å². The number of guanidine groups is 1. The first-order valence-electron chi connectivity index (χ1n) is 8.22. The molecule has 0 aliphatic heterocycles. The normalized spacial score (nSPS) is 11.8. The minimum atomic E-state index is -4.45. The van der Waals surface area contributed by atoms with Crippen molar-refractivity contribution in [3.63, 3.8) is 0 Å². The van der Waals surface area contributed by atoms with Gasteiger partial charge in [0.1, 0.15) is 10.8 Å². The van der Waals surface area contributed by atoms with E-state index in [4.69, 9.17) is 4.74 Å². The summed E-state index contributed by atoms with van der Waals surface area (Å²) in [4.78, 5) is 19.5. The number of halogens is 3. The van der Waals surface area contributed by atoms with Crippen molar-refractivity contribution in [2.24, 2.45) is 4.99 Å². The lowest BCUT2D eigenvalue weighted by atomic mass is 10.2. The number of hydrogen-bond acceptors (Lipinski definition) is 5. The number of hydrogen-bond donors (Lipinski definition) is 3. The first kappa shape index (κ1) is 21.5. The number of ether oxygens (including phenoxy) is 1. The van der Waals surface area contributed by atoms with E-state index in [-0.39, 0.29) is 12.5 Å². The molecule has 0 saturated carbocycles. The van der Waals surface area contributed by atoms with Crippen LogP contribution in [0.25, 0.3) is 0 Å². The molecule has 0 bridgehead atoms. The third-order valence-electron chi connectivity index (χ3n) is 3.53. The lowest BCUT2D eigenvalue weighted by Crippen LogP contribution is -2.41. The van der Waals surface area contributed by atoms with Crippen molar-refractivity contribution in [3.05, 3.63) is 45.9 Å². The van der Waals surface area contributed by atoms with Crippen LogP contribution in [0, 0.1) is 0 Å². The molecule has 1 amide bonds. The summed E-state index contributed by atoms with van der Waals surface area (Å²) < 4.78 is 42.7. The molecule has 0 aliphatic carbocycles. The largest absolute Gasteiger partial charge is 0.497 e. The Bertz CT molecular complexity index is 806. The maximum absolute atomic E-state index is 12.5. The van der Waals surface area contributed by atoms with Crippen LogP contribution in [0.2, 0.25) is 0 Å². The molecule has 0 fully saturated rings. The molecule has 0 radical (unpaired) electrons. The molecule has 1 heterocycles. The van der Waals surface area contributed by atoms with Crippen LogP contribution < -0.4 is 20.7 Å². The second kappa shape index (κ2) is 9.93. The summed E-state index contributed by atoms with van der Waals surface area (Å²) in [6, 6.07) is 6.71. The van der Waals surface area contributed by atoms with Crippen molar-refractivity contribution >= 4 is 23.2 Å². The minimum absolute atomic E-state index is 0.110. The van der Waals surface area contributed by atoms with Crippen LogP contribution in [0.15, 0.2) is 34.6 Å². The van der Waals surface area contributed by atoms with Crippen LogP contribution in [0.5, 0.6) is 5.75 Å². The number of benzene rings is 1. The molecule has 1 aromatic carbocycles. The SMILES string of the molecule is CN=C(NCCNC(=O)c1ccc(OC)cc1)NCc1nc(C(F)(F)F)cs1. The van der Waals surface area contributed by atoms with E-state index in [0.717, 1.165) is 16.7 Å². The van der Waals surface area contributed by atoms with E-state index >= 15 is 0 Å². The average Bonchev–Trinajstić information content (AvgIpc) is 3.17. The number of aromatic nitrogens is 1. The second-order valence-electron chi connectivity index (χ2n) is 5.46. The Kier molecular flexibility index (Phi) is 7.61. The Morgan fingerprint density at radius 1 is 1.18 bits per heavy atom. The smallest absolute Gasteiger partial charge is 0.434 e. The summed E-state index contributed by atoms with van der Waals surface area (Å²) in [6.45, 7) is 0.826. The Hall–Kier alpha value is -2.82. The zero-order chi connectivity index (χ0) is 20.6. The standard InChI is InChI=1S/C17H20F3N5O2S/c1-21-16(24-9-14-25-13(10-28-14)17(18,19)20)23-8-7-22-15(26)11-3-5-12(27-2)6-4-11/h3-6,10H,7-9H2,1-2H3,(H,22,26)(H2,21,23,24). The van der Waals surface area contributed by atoms with Crippen molar-refractivity contribution in [3.8, 4) is 5.75 Å². The van der Waals surface area contributed by atoms with Crippen molar-refractivity contribution in [1.29, 1.82) is 0 Å². The lowest BCUT2D eigenvalue weighted by molar-refractivity contribution is -0.140. The number of rotatable bonds is 7. The third-order valence-corrected chi connectivity index (χ3v) is 4.38. The van der Waals surface area contributed by atoms with Gasteiger partial charge in [0.25, 0.3) is 5.91 Å². The Morgan fingerprint density at radius 3 is 2.43 bits per heavy atom. The molecule has 2 aromatic rings. The molecule has 28 heavy (non-hydrogen) atoms. The van der Waals surface area contributed by atoms with Gasteiger partial charge in [0.15, 0.2) is 11.7 Å². The Morgan fingerprint density at radius 2 is 1.86 bits per heavy atom. The van der Waals surface area contributed by atoms with Crippen molar-refractivity contribution < 1.29 is 22.7 Å². The van der Waals surface area contributed by atoms with Crippen LogP contribution >= 0.6 is 11.3 Å². The zero-order valence-corrected chi connectivity index (χ0v) is 16.1. The van der Waals surface area contributed by atoms with Gasteiger partial charge in [0, 0.05) is 31.1 Å². The second-order valence-corrected chi connectivity index (χ2v) is 6.40. The maximum Gasteiger partial charge on any atom is 0.434 e. The predicted octanol–water partition coefficient (Wildman–Crippen LogP) is 2.27. The molecule has 0 aliphatic rings. The van der Waals surface area contributed by atoms with E-state index in [1.54, 1.807) is 31.4 Å². The number of amides is 1. The summed E-state index contributed by atoms with van der Waals surface area (Å²) in [5.41, 5.74) is -0.397. The predicted molar refractivity (Wildman–Crippen MR) is 101 cm³/mol. The van der Waals surface area contributed by atoms with Gasteiger partial charge in [0.05, 0.1) is 13.7 Å². The Balaban J connectivity index is 1.72. The summed E-state index contributed by atoms with van der Waals surface area (Å²) in [7, 11) is 3.08. The molecule has 11 heteroatoms. The van der Waals surface area contributed by atoms with Gasteiger partial charge in [0.2, 0.25) is 0 Å². The number of methoxy groups -OCH3 is 1. The summed E-state index contributed by atoms with van der Waals surface area (Å²) in [6.07, 6.45) is -4.45. The van der Waals surface area contributed by atoms with Gasteiger partial charge in [-0.25, -0.2) is 4.98 Å². The fourth-order valence-electron chi connectivity index (χ4n) is 2.10. The van der Waals surface area contributed by atoms with Gasteiger partial charge >= 0.3 is 6.18 Å². The highest BCUT2D eigenvalue weighted by atomic mass is 32.1. The molecule has 0 saturated heterocycles. The lowest BCUT2D eigenvalue weighted by Gasteiger charge is -2.11. The highest BCUT2D eigenvalue weighted by Gasteiger charge is 2.33. The number of carbonyl (C=O) groups is 1. The molecule has 0 unspecified atom stereocenters. The minimum Gasteiger partial charge on any atom is -0.497 e. The number of aliphatic imine (C=N–C) groups is 1. The Labute approximate surface area is 164 Å². The molecular formula is C17H20F3N5O2S. The molecular weight excluding hydrogens is 395 g/mol. The van der Waals surface area contributed by atoms with Crippen LogP contribution in [-0.2, 0) is 12.7 Å². The molecule has 0 atom stereocenters. The molecule has 1 aromatic heterocycles. The van der Waals surface area contributed by atoms with Crippen LogP contribution in [-0.4, -0.2) is 44.1 Å². The van der Waals surface area contributed by atoms with E-state index in [0.29, 0.717) is 35.4 Å². The number of thiazole rings is 1. The highest BCUT2D eigenvalue weighted by Crippen LogP contribution is 2.29. The zero-order valence-electron chi connectivity index (χ0n) is 15.3. The highest BCUT2D eigenvalue weighted by molar-refractivity contribution is 7.09. The fourth-order valence-corrected chi connectivity index (χ4v) is 2.84. The number of nitrogens with one attached hydrogen (secondary N) is 3. The van der Waals surface area contributed by atoms with Crippen molar-refractivity contribution in [1.82, 2.24) is 20.9 Å². The van der Waals surface area contributed by atoms with Crippen molar-refractivity contribution in [2.75, 3.05) is 27.2 Å². The first-order chi connectivity index (χ1) is 13.3. The molecule has 152 valence electrons. The monoisotopic (exact) mass is 415 g/mol. The van der Waals surface area contributed by atoms with Gasteiger partial charge in [-0.1, -0.05) is 0 Å². The number of alkyl halides is 3. The summed E-state index contributed by atoms with van der Waals surface area (Å²) in [5.74, 6) is 0.827. The van der Waals surface area contributed by atoms with E-state index < -0.39 is 11.9 Å². The van der Waals surface area contributed by atoms with E-state index in [9.17, 15) is 18.0 Å². The van der Waals surface area contributed by atoms with Gasteiger partial charge in [-0.2, -0.15) is 13.2 Å². The van der Waals surface area contributed by atoms with Crippen LogP contribution in [0.3, 0.4) is 0 Å². The quantitative estimate of drug-likeness (QED) is 0.367. The van der Waals surface area contributed by atoms with E-state index in [1.807, 2.05) is 0 Å². The molecule has 3 N–H and O–H groups in total. The summed E-state index contributed by atoms with van der Waals surface area (Å²) >= 11 is 0.919. The van der Waals surface area contributed by atoms with Gasteiger partial charge in [-0.15, -0.1) is 11.3 Å². The first-order valence-corrected chi connectivity index (χ1v) is 9.10. The molecule has 7 nitrogen and oxygen atoms in total. The number of nitrogens with zero attached hydrogens (tertiary/aromatic N) is 2. The molecule has 0 spiro atoms. The topological polar surface area (TPSA) is 87.6 Å². The van der Waals surface area contributed by atoms with Gasteiger partial charge < -0.3 is 20.7 Å². The third kappa shape index (κ3) is 6.41. The summed E-state index contributed by atoms with van der Waals surface area (Å²) in [5, 5.41) is 9.85. The van der Waals surface area contributed by atoms with Crippen LogP contribution in [0.1, 0.15) is 21.1 Å². The van der Waals surface area contributed by atoms with E-state index in [1.165, 1.54) is 7.05 Å². The molecule has 2 rings (SSSR count). The fraction of sp³-hybridized carbons (Fsp3) is 0.353. The number of carbonyl (C=O) groups excluding carboxylic acids is 1. The van der Waals surface area contributed by atoms with Crippen LogP contribution in [0.4, 0.5) is 13.2 Å². The van der Waals surface area contributed by atoms with Gasteiger partial charge in [-0.3, -0.25) is 9.79 Å².